The maximum Gasteiger partial charge on any atom is 0.330 e. The normalized spacial score (nSPS) is 11.7. The molecular formula is C17H24O2. The smallest absolute Gasteiger partial charge is 0.330 e. The van der Waals surface area contributed by atoms with E-state index in [0.717, 1.165) is 24.8 Å². The van der Waals surface area contributed by atoms with Gasteiger partial charge in [-0.15, -0.1) is 0 Å². The fourth-order valence-electron chi connectivity index (χ4n) is 1.71. The number of carbonyl (C=O) groups excluding carboxylic acids is 1. The van der Waals surface area contributed by atoms with E-state index in [-0.39, 0.29) is 5.97 Å². The molecule has 1 aromatic rings. The molecule has 0 aliphatic carbocycles. The van der Waals surface area contributed by atoms with Gasteiger partial charge in [0, 0.05) is 6.08 Å². The first kappa shape index (κ1) is 15.5. The Bertz CT molecular complexity index is 399. The molecule has 1 rings (SSSR count). The fourth-order valence-corrected chi connectivity index (χ4v) is 1.71. The van der Waals surface area contributed by atoms with E-state index in [2.05, 4.69) is 20.8 Å². The molecule has 2 nitrogen and oxygen atoms in total. The Labute approximate surface area is 116 Å². The van der Waals surface area contributed by atoms with E-state index in [1.807, 2.05) is 30.3 Å². The Morgan fingerprint density at radius 3 is 2.47 bits per heavy atom. The van der Waals surface area contributed by atoms with Crippen molar-refractivity contribution < 1.29 is 9.53 Å². The SMILES string of the molecule is CC(C)(C)CCCCOC(=O)/C=C/c1ccccc1. The van der Waals surface area contributed by atoms with Gasteiger partial charge in [-0.25, -0.2) is 4.79 Å². The lowest BCUT2D eigenvalue weighted by Gasteiger charge is -2.17. The summed E-state index contributed by atoms with van der Waals surface area (Å²) in [6, 6.07) is 9.74. The highest BCUT2D eigenvalue weighted by Gasteiger charge is 2.09. The minimum atomic E-state index is -0.264. The molecule has 0 atom stereocenters. The van der Waals surface area contributed by atoms with Gasteiger partial charge in [0.15, 0.2) is 0 Å². The summed E-state index contributed by atoms with van der Waals surface area (Å²) < 4.78 is 5.15. The standard InChI is InChI=1S/C17H24O2/c1-17(2,3)13-7-8-14-19-16(18)12-11-15-9-5-4-6-10-15/h4-6,9-12H,7-8,13-14H2,1-3H3/b12-11+. The van der Waals surface area contributed by atoms with Crippen molar-refractivity contribution in [3.8, 4) is 0 Å². The summed E-state index contributed by atoms with van der Waals surface area (Å²) in [6.45, 7) is 7.18. The lowest BCUT2D eigenvalue weighted by molar-refractivity contribution is -0.137. The number of hydrogen-bond acceptors (Lipinski definition) is 2. The lowest BCUT2D eigenvalue weighted by atomic mass is 9.90. The van der Waals surface area contributed by atoms with Crippen LogP contribution >= 0.6 is 0 Å². The molecule has 0 fully saturated rings. The van der Waals surface area contributed by atoms with Gasteiger partial charge in [0.25, 0.3) is 0 Å². The van der Waals surface area contributed by atoms with Crippen molar-refractivity contribution in [2.45, 2.75) is 40.0 Å². The topological polar surface area (TPSA) is 26.3 Å². The Kier molecular flexibility index (Phi) is 6.34. The van der Waals surface area contributed by atoms with E-state index >= 15 is 0 Å². The summed E-state index contributed by atoms with van der Waals surface area (Å²) in [6.07, 6.45) is 6.45. The van der Waals surface area contributed by atoms with E-state index in [9.17, 15) is 4.79 Å². The van der Waals surface area contributed by atoms with Crippen LogP contribution < -0.4 is 0 Å². The van der Waals surface area contributed by atoms with Crippen molar-refractivity contribution in [1.82, 2.24) is 0 Å². The second-order valence-corrected chi connectivity index (χ2v) is 5.93. The number of benzene rings is 1. The molecule has 1 aromatic carbocycles. The monoisotopic (exact) mass is 260 g/mol. The van der Waals surface area contributed by atoms with Crippen LogP contribution in [0.25, 0.3) is 6.08 Å². The Hall–Kier alpha value is -1.57. The second-order valence-electron chi connectivity index (χ2n) is 5.93. The van der Waals surface area contributed by atoms with Gasteiger partial charge in [0.05, 0.1) is 6.61 Å². The van der Waals surface area contributed by atoms with Crippen LogP contribution in [-0.2, 0) is 9.53 Å². The maximum absolute atomic E-state index is 11.5. The van der Waals surface area contributed by atoms with Crippen LogP contribution in [-0.4, -0.2) is 12.6 Å². The molecule has 0 radical (unpaired) electrons. The van der Waals surface area contributed by atoms with Crippen molar-refractivity contribution in [1.29, 1.82) is 0 Å². The van der Waals surface area contributed by atoms with Gasteiger partial charge < -0.3 is 4.74 Å². The van der Waals surface area contributed by atoms with Crippen LogP contribution in [0.1, 0.15) is 45.6 Å². The van der Waals surface area contributed by atoms with Crippen LogP contribution in [0.2, 0.25) is 0 Å². The summed E-state index contributed by atoms with van der Waals surface area (Å²) >= 11 is 0. The minimum absolute atomic E-state index is 0.264. The van der Waals surface area contributed by atoms with E-state index < -0.39 is 0 Å². The number of ether oxygens (including phenoxy) is 1. The summed E-state index contributed by atoms with van der Waals surface area (Å²) in [5, 5.41) is 0. The predicted molar refractivity (Wildman–Crippen MR) is 79.7 cm³/mol. The number of rotatable bonds is 6. The maximum atomic E-state index is 11.5. The largest absolute Gasteiger partial charge is 0.463 e. The predicted octanol–water partition coefficient (Wildman–Crippen LogP) is 4.46. The quantitative estimate of drug-likeness (QED) is 0.429. The highest BCUT2D eigenvalue weighted by molar-refractivity contribution is 5.86. The molecule has 0 saturated heterocycles. The molecule has 0 spiro atoms. The Balaban J connectivity index is 2.17. The van der Waals surface area contributed by atoms with E-state index in [4.69, 9.17) is 4.74 Å². The van der Waals surface area contributed by atoms with E-state index in [1.54, 1.807) is 6.08 Å². The number of esters is 1. The molecule has 0 bridgehead atoms. The van der Waals surface area contributed by atoms with Crippen LogP contribution in [0.4, 0.5) is 0 Å². The third-order valence-corrected chi connectivity index (χ3v) is 2.78. The number of unbranched alkanes of at least 4 members (excludes halogenated alkanes) is 1. The van der Waals surface area contributed by atoms with Crippen LogP contribution in [0.5, 0.6) is 0 Å². The number of carbonyl (C=O) groups is 1. The minimum Gasteiger partial charge on any atom is -0.463 e. The van der Waals surface area contributed by atoms with Gasteiger partial charge in [0.1, 0.15) is 0 Å². The van der Waals surface area contributed by atoms with Crippen molar-refractivity contribution in [3.63, 3.8) is 0 Å². The molecule has 0 saturated carbocycles. The molecule has 0 N–H and O–H groups in total. The number of hydrogen-bond donors (Lipinski definition) is 0. The van der Waals surface area contributed by atoms with Gasteiger partial charge in [0.2, 0.25) is 0 Å². The molecule has 0 aromatic heterocycles. The van der Waals surface area contributed by atoms with Crippen LogP contribution in [0, 0.1) is 5.41 Å². The molecule has 0 unspecified atom stereocenters. The van der Waals surface area contributed by atoms with E-state index in [0.29, 0.717) is 12.0 Å². The fraction of sp³-hybridized carbons (Fsp3) is 0.471. The molecule has 0 amide bonds. The molecule has 2 heteroatoms. The average Bonchev–Trinajstić information content (AvgIpc) is 2.36. The van der Waals surface area contributed by atoms with Crippen LogP contribution in [0.3, 0.4) is 0 Å². The zero-order valence-corrected chi connectivity index (χ0v) is 12.2. The van der Waals surface area contributed by atoms with Crippen LogP contribution in [0.15, 0.2) is 36.4 Å². The highest BCUT2D eigenvalue weighted by atomic mass is 16.5. The third kappa shape index (κ3) is 8.20. The van der Waals surface area contributed by atoms with E-state index in [1.165, 1.54) is 6.08 Å². The van der Waals surface area contributed by atoms with Gasteiger partial charge in [-0.05, 0) is 36.3 Å². The van der Waals surface area contributed by atoms with Crippen molar-refractivity contribution in [2.75, 3.05) is 6.61 Å². The van der Waals surface area contributed by atoms with Gasteiger partial charge in [-0.1, -0.05) is 51.1 Å². The molecule has 0 aliphatic heterocycles. The molecule has 104 valence electrons. The van der Waals surface area contributed by atoms with Crippen molar-refractivity contribution in [3.05, 3.63) is 42.0 Å². The average molecular weight is 260 g/mol. The molecule has 0 aliphatic rings. The zero-order chi connectivity index (χ0) is 14.1. The summed E-state index contributed by atoms with van der Waals surface area (Å²) in [4.78, 5) is 11.5. The second kappa shape index (κ2) is 7.78. The molecule has 0 heterocycles. The van der Waals surface area contributed by atoms with Crippen molar-refractivity contribution in [2.24, 2.45) is 5.41 Å². The molecule has 19 heavy (non-hydrogen) atoms. The first-order valence-corrected chi connectivity index (χ1v) is 6.87. The van der Waals surface area contributed by atoms with Gasteiger partial charge >= 0.3 is 5.97 Å². The first-order valence-electron chi connectivity index (χ1n) is 6.87. The third-order valence-electron chi connectivity index (χ3n) is 2.78. The lowest BCUT2D eigenvalue weighted by Crippen LogP contribution is -2.06. The van der Waals surface area contributed by atoms with Gasteiger partial charge in [-0.3, -0.25) is 0 Å². The molecular weight excluding hydrogens is 236 g/mol. The summed E-state index contributed by atoms with van der Waals surface area (Å²) in [7, 11) is 0. The summed E-state index contributed by atoms with van der Waals surface area (Å²) in [5.74, 6) is -0.264. The summed E-state index contributed by atoms with van der Waals surface area (Å²) in [5.41, 5.74) is 1.37. The Morgan fingerprint density at radius 2 is 1.84 bits per heavy atom. The first-order chi connectivity index (χ1) is 8.97. The zero-order valence-electron chi connectivity index (χ0n) is 12.2. The Morgan fingerprint density at radius 1 is 1.16 bits per heavy atom. The van der Waals surface area contributed by atoms with Crippen molar-refractivity contribution >= 4 is 12.0 Å². The van der Waals surface area contributed by atoms with Gasteiger partial charge in [-0.2, -0.15) is 0 Å². The highest BCUT2D eigenvalue weighted by Crippen LogP contribution is 2.21.